The number of aromatic nitrogens is 1. The first-order valence-electron chi connectivity index (χ1n) is 22.7. The molecule has 0 bridgehead atoms. The molecule has 12 N–H and O–H groups in total. The number of aromatic amines is 1. The second kappa shape index (κ2) is 22.9. The first kappa shape index (κ1) is 46.5. The van der Waals surface area contributed by atoms with Gasteiger partial charge < -0.3 is 53.7 Å². The molecule has 3 heterocycles. The molecule has 0 radical (unpaired) electrons. The van der Waals surface area contributed by atoms with E-state index in [2.05, 4.69) is 36.6 Å². The van der Waals surface area contributed by atoms with Crippen molar-refractivity contribution in [3.8, 4) is 0 Å². The molecule has 0 unspecified atom stereocenters. The van der Waals surface area contributed by atoms with Crippen molar-refractivity contribution < 1.29 is 28.8 Å². The Morgan fingerprint density at radius 3 is 2.24 bits per heavy atom. The van der Waals surface area contributed by atoms with Crippen LogP contribution in [-0.4, -0.2) is 107 Å². The van der Waals surface area contributed by atoms with Crippen molar-refractivity contribution in [1.29, 1.82) is 0 Å². The van der Waals surface area contributed by atoms with E-state index in [4.69, 9.17) is 17.2 Å². The first-order chi connectivity index (χ1) is 30.5. The van der Waals surface area contributed by atoms with Crippen molar-refractivity contribution in [3.63, 3.8) is 0 Å². The third kappa shape index (κ3) is 13.3. The quantitative estimate of drug-likeness (QED) is 0.0684. The monoisotopic (exact) mass is 868 g/mol. The summed E-state index contributed by atoms with van der Waals surface area (Å²) in [6, 6.07) is 10.9. The number of aliphatic imine (C=N–C) groups is 1. The molecule has 2 aromatic carbocycles. The maximum Gasteiger partial charge on any atom is 0.245 e. The minimum Gasteiger partial charge on any atom is -0.370 e. The van der Waals surface area contributed by atoms with Crippen LogP contribution < -0.4 is 43.8 Å². The van der Waals surface area contributed by atoms with E-state index in [0.717, 1.165) is 47.7 Å². The number of carbonyl (C=O) groups is 6. The van der Waals surface area contributed by atoms with Gasteiger partial charge in [0.05, 0.1) is 6.04 Å². The van der Waals surface area contributed by atoms with E-state index in [1.54, 1.807) is 6.20 Å². The maximum absolute atomic E-state index is 14.5. The minimum atomic E-state index is -1.13. The summed E-state index contributed by atoms with van der Waals surface area (Å²) in [6.45, 7) is 0.605. The zero-order chi connectivity index (χ0) is 44.7. The second-order valence-corrected chi connectivity index (χ2v) is 17.3. The van der Waals surface area contributed by atoms with Crippen molar-refractivity contribution in [2.24, 2.45) is 28.1 Å². The molecule has 3 fully saturated rings. The highest BCUT2D eigenvalue weighted by atomic mass is 16.2. The summed E-state index contributed by atoms with van der Waals surface area (Å²) in [6.07, 6.45) is 10.5. The van der Waals surface area contributed by atoms with Gasteiger partial charge in [-0.3, -0.25) is 33.8 Å². The van der Waals surface area contributed by atoms with E-state index >= 15 is 0 Å². The van der Waals surface area contributed by atoms with Gasteiger partial charge in [-0.1, -0.05) is 80.6 Å². The van der Waals surface area contributed by atoms with Gasteiger partial charge in [-0.05, 0) is 80.9 Å². The topological polar surface area (TPSA) is 272 Å². The lowest BCUT2D eigenvalue weighted by Crippen LogP contribution is -2.60. The number of nitrogens with two attached hydrogens (primary N) is 3. The second-order valence-electron chi connectivity index (χ2n) is 17.3. The molecule has 17 heteroatoms. The fourth-order valence-electron chi connectivity index (χ4n) is 9.10. The zero-order valence-electron chi connectivity index (χ0n) is 36.1. The Hall–Kier alpha value is -5.97. The van der Waals surface area contributed by atoms with Crippen molar-refractivity contribution in [2.75, 3.05) is 19.6 Å². The number of hydrogen-bond acceptors (Lipinski definition) is 8. The lowest BCUT2D eigenvalue weighted by Gasteiger charge is -2.31. The van der Waals surface area contributed by atoms with Crippen molar-refractivity contribution in [1.82, 2.24) is 36.5 Å². The first-order valence-corrected chi connectivity index (χ1v) is 22.7. The Balaban J connectivity index is 1.29. The number of nitrogens with one attached hydrogen (secondary N) is 6. The van der Waals surface area contributed by atoms with E-state index in [0.29, 0.717) is 38.0 Å². The summed E-state index contributed by atoms with van der Waals surface area (Å²) in [5.74, 6) is -2.72. The van der Waals surface area contributed by atoms with E-state index in [9.17, 15) is 28.8 Å². The fourth-order valence-corrected chi connectivity index (χ4v) is 9.10. The minimum absolute atomic E-state index is 0.0975. The van der Waals surface area contributed by atoms with E-state index in [1.807, 2.05) is 54.6 Å². The molecule has 2 saturated heterocycles. The van der Waals surface area contributed by atoms with E-state index in [1.165, 1.54) is 11.3 Å². The molecule has 0 spiro atoms. The van der Waals surface area contributed by atoms with Gasteiger partial charge in [0.25, 0.3) is 0 Å². The highest BCUT2D eigenvalue weighted by Gasteiger charge is 2.40. The summed E-state index contributed by atoms with van der Waals surface area (Å²) in [5.41, 5.74) is 20.0. The number of para-hydroxylation sites is 1. The summed E-state index contributed by atoms with van der Waals surface area (Å²) < 4.78 is 0. The lowest BCUT2D eigenvalue weighted by atomic mass is 9.85. The smallest absolute Gasteiger partial charge is 0.245 e. The molecule has 2 aliphatic heterocycles. The average molecular weight is 868 g/mol. The summed E-state index contributed by atoms with van der Waals surface area (Å²) >= 11 is 0. The number of fused-ring (bicyclic) bond motifs is 2. The molecule has 6 rings (SSSR count). The molecular formula is C46H65N11O6. The fraction of sp³-hybridized carbons (Fsp3) is 0.543. The van der Waals surface area contributed by atoms with Gasteiger partial charge in [0.15, 0.2) is 5.96 Å². The molecule has 6 amide bonds. The third-order valence-electron chi connectivity index (χ3n) is 12.6. The summed E-state index contributed by atoms with van der Waals surface area (Å²) in [4.78, 5) is 93.9. The van der Waals surface area contributed by atoms with Crippen molar-refractivity contribution in [3.05, 3.63) is 71.9 Å². The summed E-state index contributed by atoms with van der Waals surface area (Å²) in [5, 5.41) is 15.5. The van der Waals surface area contributed by atoms with Crippen molar-refractivity contribution >= 4 is 52.3 Å². The number of hydrogen-bond donors (Lipinski definition) is 9. The SMILES string of the molecule is NC(N)=NCCC[C@@H]1NC(=O)[C@H](Cc2c[nH]c3ccccc23)NC(=O)[C@@H](CCC2CCCCC2)NC(=O)[C@@H]2CCCN2C(=O)[C@@H](NC(=O)[C@@H](N)Cc2ccccc2)CCCNC1=O. The van der Waals surface area contributed by atoms with Gasteiger partial charge in [0, 0.05) is 43.2 Å². The van der Waals surface area contributed by atoms with Crippen LogP contribution in [0, 0.1) is 5.92 Å². The van der Waals surface area contributed by atoms with Crippen LogP contribution in [-0.2, 0) is 41.6 Å². The molecule has 17 nitrogen and oxygen atoms in total. The number of guanidine groups is 1. The Bertz CT molecular complexity index is 2060. The standard InChI is InChI=1S/C46H65N11O6/c47-33(26-30-14-5-2-6-15-30)40(58)55-37-19-10-23-50-41(59)35(18-9-24-51-46(48)49)53-43(61)38(27-31-28-52-34-17-8-7-16-32(31)34)56-42(60)36(22-21-29-12-3-1-4-13-29)54-44(62)39-20-11-25-57(39)45(37)63/h2,5-8,14-17,28-29,33,35-39,52H,1,3-4,9-13,18-27,47H2,(H,50,59)(H,53,61)(H,54,62)(H,55,58)(H,56,60)(H4,48,49,51)/t33-,35-,36+,37-,38-,39-/m0/s1. The van der Waals surface area contributed by atoms with Crippen LogP contribution in [0.3, 0.4) is 0 Å². The summed E-state index contributed by atoms with van der Waals surface area (Å²) in [7, 11) is 0. The number of rotatable bonds is 13. The molecule has 1 aliphatic carbocycles. The van der Waals surface area contributed by atoms with Crippen LogP contribution in [0.5, 0.6) is 0 Å². The number of benzene rings is 2. The van der Waals surface area contributed by atoms with E-state index in [-0.39, 0.29) is 57.7 Å². The van der Waals surface area contributed by atoms with Crippen LogP contribution in [0.25, 0.3) is 10.9 Å². The Labute approximate surface area is 368 Å². The maximum atomic E-state index is 14.5. The number of H-pyrrole nitrogens is 1. The Morgan fingerprint density at radius 1 is 0.762 bits per heavy atom. The molecule has 3 aliphatic rings. The van der Waals surface area contributed by atoms with Gasteiger partial charge in [-0.2, -0.15) is 0 Å². The molecule has 1 aromatic heterocycles. The van der Waals surface area contributed by atoms with Crippen LogP contribution in [0.4, 0.5) is 0 Å². The van der Waals surface area contributed by atoms with Crippen LogP contribution in [0.15, 0.2) is 65.8 Å². The average Bonchev–Trinajstić information content (AvgIpc) is 3.95. The number of amides is 6. The highest BCUT2D eigenvalue weighted by Crippen LogP contribution is 2.28. The number of carbonyl (C=O) groups excluding carboxylic acids is 6. The van der Waals surface area contributed by atoms with Crippen LogP contribution in [0.2, 0.25) is 0 Å². The molecule has 1 saturated carbocycles. The van der Waals surface area contributed by atoms with Gasteiger partial charge in [-0.15, -0.1) is 0 Å². The van der Waals surface area contributed by atoms with Gasteiger partial charge in [-0.25, -0.2) is 0 Å². The normalized spacial score (nSPS) is 23.9. The zero-order valence-corrected chi connectivity index (χ0v) is 36.1. The predicted octanol–water partition coefficient (Wildman–Crippen LogP) is 1.53. The lowest BCUT2D eigenvalue weighted by molar-refractivity contribution is -0.142. The van der Waals surface area contributed by atoms with E-state index < -0.39 is 71.7 Å². The molecular weight excluding hydrogens is 803 g/mol. The third-order valence-corrected chi connectivity index (χ3v) is 12.6. The molecule has 63 heavy (non-hydrogen) atoms. The molecule has 340 valence electrons. The Kier molecular flexibility index (Phi) is 16.9. The predicted molar refractivity (Wildman–Crippen MR) is 241 cm³/mol. The largest absolute Gasteiger partial charge is 0.370 e. The van der Waals surface area contributed by atoms with Gasteiger partial charge in [0.1, 0.15) is 30.2 Å². The van der Waals surface area contributed by atoms with Gasteiger partial charge >= 0.3 is 0 Å². The van der Waals surface area contributed by atoms with Crippen LogP contribution in [0.1, 0.15) is 94.6 Å². The molecule has 6 atom stereocenters. The highest BCUT2D eigenvalue weighted by molar-refractivity contribution is 5.97. The van der Waals surface area contributed by atoms with Gasteiger partial charge in [0.2, 0.25) is 35.4 Å². The molecule has 3 aromatic rings. The number of nitrogens with zero attached hydrogens (tertiary/aromatic N) is 2. The van der Waals surface area contributed by atoms with Crippen LogP contribution >= 0.6 is 0 Å². The van der Waals surface area contributed by atoms with Crippen molar-refractivity contribution in [2.45, 2.75) is 133 Å². The Morgan fingerprint density at radius 2 is 1.46 bits per heavy atom.